The first-order valence-electron chi connectivity index (χ1n) is 43.9. The first kappa shape index (κ1) is 88.0. The first-order valence-corrected chi connectivity index (χ1v) is 44.3. The van der Waals surface area contributed by atoms with E-state index in [4.69, 9.17) is 11.6 Å². The molecule has 0 saturated heterocycles. The number of fused-ring (bicyclic) bond motifs is 4. The largest absolute Gasteiger partial charge is 0.311 e. The van der Waals surface area contributed by atoms with E-state index in [2.05, 4.69) is 484 Å². The summed E-state index contributed by atoms with van der Waals surface area (Å²) in [7, 11) is 0. The number of halogens is 1. The first-order chi connectivity index (χ1) is 55.5. The number of rotatable bonds is 10. The van der Waals surface area contributed by atoms with Crippen molar-refractivity contribution in [3.8, 4) is 22.3 Å². The summed E-state index contributed by atoms with van der Waals surface area (Å²) in [6.45, 7) is 73.4. The second kappa shape index (κ2) is 31.6. The van der Waals surface area contributed by atoms with Crippen LogP contribution in [0.15, 0.2) is 243 Å². The molecular weight excluding hydrogens is 1470 g/mol. The lowest BCUT2D eigenvalue weighted by atomic mass is 9.33. The van der Waals surface area contributed by atoms with E-state index in [0.29, 0.717) is 5.02 Å². The van der Waals surface area contributed by atoms with Crippen molar-refractivity contribution in [2.45, 2.75) is 276 Å². The second-order valence-electron chi connectivity index (χ2n) is 45.0. The maximum atomic E-state index is 7.97. The molecule has 2 aliphatic rings. The molecule has 0 unspecified atom stereocenters. The van der Waals surface area contributed by atoms with Gasteiger partial charge in [0.05, 0.1) is 27.8 Å². The molecule has 0 bridgehead atoms. The summed E-state index contributed by atoms with van der Waals surface area (Å²) in [5.74, 6) is 0. The van der Waals surface area contributed by atoms with Crippen LogP contribution in [0.4, 0.5) is 68.2 Å². The summed E-state index contributed by atoms with van der Waals surface area (Å²) in [4.78, 5) is 9.88. The lowest BCUT2D eigenvalue weighted by Crippen LogP contribution is -2.61. The highest BCUT2D eigenvalue weighted by atomic mass is 35.5. The van der Waals surface area contributed by atoms with Crippen LogP contribution in [0.3, 0.4) is 0 Å². The fraction of sp³-hybridized carbons (Fsp3) is 0.368. The molecule has 2 aliphatic heterocycles. The molecule has 0 amide bonds. The van der Waals surface area contributed by atoms with Crippen LogP contribution >= 0.6 is 11.6 Å². The van der Waals surface area contributed by atoms with Gasteiger partial charge >= 0.3 is 0 Å². The van der Waals surface area contributed by atoms with E-state index in [0.717, 1.165) is 45.3 Å². The standard InChI is InChI=1S/C57H67BN2.C57H69ClN2.H2/c1-36-31-50-52-51(32-36)60(47-28-23-40(55(8,9)10)33-44(47)37-17-19-38(20-18-37)53(2,3)4)49-30-25-42(57(14,15)16)35-46(49)58(52)45-34-41(56(11,12)13)24-29-48(45)59(50)43-26-21-39(22-27-43)54(5,6)7;1-38-35-50(59(45-28-21-41(22-29-45)54(5,6)7)46-30-23-42(24-31-46)55(8,9)10)52(58)51(36-38)60(47-32-25-43(26-33-47)56(11,12)13)49-34-27-44(57(14,15)16)37-48(49)39-17-19-40(20-18-39)53(2,3)4;/h17-35H,1-16H3;17-37H,1-16H3;1H/i;;1+2. The molecule has 0 saturated carbocycles. The van der Waals surface area contributed by atoms with Gasteiger partial charge in [0.25, 0.3) is 6.71 Å². The minimum atomic E-state index is -0.0441. The van der Waals surface area contributed by atoms with E-state index < -0.39 is 0 Å². The molecule has 0 spiro atoms. The van der Waals surface area contributed by atoms with Crippen LogP contribution in [0.5, 0.6) is 0 Å². The Morgan fingerprint density at radius 1 is 0.242 bits per heavy atom. The van der Waals surface area contributed by atoms with Crippen molar-refractivity contribution in [1.29, 1.82) is 0 Å². The lowest BCUT2D eigenvalue weighted by Gasteiger charge is -2.45. The van der Waals surface area contributed by atoms with Gasteiger partial charge in [0.2, 0.25) is 0 Å². The van der Waals surface area contributed by atoms with E-state index in [1.54, 1.807) is 0 Å². The van der Waals surface area contributed by atoms with E-state index in [1.807, 2.05) is 0 Å². The average Bonchev–Trinajstić information content (AvgIpc) is 0.691. The fourth-order valence-corrected chi connectivity index (χ4v) is 17.4. The molecule has 12 aromatic carbocycles. The van der Waals surface area contributed by atoms with E-state index in [1.165, 1.54) is 128 Å². The Hall–Kier alpha value is -9.81. The number of anilines is 12. The molecule has 0 atom stereocenters. The number of nitrogens with zero attached hydrogens (tertiary/aromatic N) is 4. The molecule has 0 aliphatic carbocycles. The van der Waals surface area contributed by atoms with Crippen LogP contribution in [0.25, 0.3) is 22.3 Å². The van der Waals surface area contributed by atoms with Gasteiger partial charge in [-0.25, -0.2) is 0 Å². The summed E-state index contributed by atoms with van der Waals surface area (Å²) in [5.41, 5.74) is 38.2. The van der Waals surface area contributed by atoms with Crippen molar-refractivity contribution in [1.82, 2.24) is 0 Å². The molecule has 0 N–H and O–H groups in total. The van der Waals surface area contributed by atoms with Crippen LogP contribution in [-0.2, 0) is 54.1 Å². The third kappa shape index (κ3) is 18.1. The third-order valence-corrected chi connectivity index (χ3v) is 25.3. The monoisotopic (exact) mass is 1610 g/mol. The smallest absolute Gasteiger partial charge is 0.252 e. The summed E-state index contributed by atoms with van der Waals surface area (Å²) in [6.07, 6.45) is 0. The number of aryl methyl sites for hydroxylation is 2. The highest BCUT2D eigenvalue weighted by Gasteiger charge is 2.45. The normalized spacial score (nSPS) is 13.5. The summed E-state index contributed by atoms with van der Waals surface area (Å²) < 4.78 is 0. The summed E-state index contributed by atoms with van der Waals surface area (Å²) in [5, 5.41) is 0.675. The van der Waals surface area contributed by atoms with E-state index in [9.17, 15) is 0 Å². The predicted molar refractivity (Wildman–Crippen MR) is 531 cm³/mol. The molecule has 6 heteroatoms. The molecule has 0 aromatic heterocycles. The van der Waals surface area contributed by atoms with Crippen molar-refractivity contribution in [3.05, 3.63) is 314 Å². The zero-order chi connectivity index (χ0) is 87.6. The van der Waals surface area contributed by atoms with Crippen molar-refractivity contribution < 1.29 is 1.43 Å². The van der Waals surface area contributed by atoms with E-state index in [-0.39, 0.29) is 62.3 Å². The Balaban J connectivity index is 0.000000220. The minimum Gasteiger partial charge on any atom is -0.311 e. The molecule has 12 aromatic rings. The molecule has 4 nitrogen and oxygen atoms in total. The van der Waals surface area contributed by atoms with Gasteiger partial charge in [0, 0.05) is 58.1 Å². The Bertz CT molecular complexity index is 5700. The van der Waals surface area contributed by atoms with Gasteiger partial charge in [-0.15, -0.1) is 0 Å². The van der Waals surface area contributed by atoms with Gasteiger partial charge in [-0.3, -0.25) is 0 Å². The van der Waals surface area contributed by atoms with Crippen molar-refractivity contribution >= 4 is 103 Å². The number of hydrogen-bond donors (Lipinski definition) is 0. The maximum Gasteiger partial charge on any atom is 0.252 e. The van der Waals surface area contributed by atoms with Crippen LogP contribution in [0, 0.1) is 13.8 Å². The van der Waals surface area contributed by atoms with Gasteiger partial charge in [-0.05, 0) is 271 Å². The van der Waals surface area contributed by atoms with Crippen LogP contribution in [-0.4, -0.2) is 6.71 Å². The molecule has 0 radical (unpaired) electrons. The van der Waals surface area contributed by atoms with Gasteiger partial charge in [-0.2, -0.15) is 0 Å². The molecule has 0 fully saturated rings. The second-order valence-corrected chi connectivity index (χ2v) is 45.3. The van der Waals surface area contributed by atoms with Gasteiger partial charge in [-0.1, -0.05) is 353 Å². The quantitative estimate of drug-likeness (QED) is 0.127. The van der Waals surface area contributed by atoms with Crippen molar-refractivity contribution in [2.75, 3.05) is 19.6 Å². The Morgan fingerprint density at radius 2 is 0.508 bits per heavy atom. The summed E-state index contributed by atoms with van der Waals surface area (Å²) >= 11 is 7.97. The Labute approximate surface area is 731 Å². The fourth-order valence-electron chi connectivity index (χ4n) is 17.1. The number of hydrogen-bond acceptors (Lipinski definition) is 4. The topological polar surface area (TPSA) is 13.0 Å². The minimum absolute atomic E-state index is 0. The third-order valence-electron chi connectivity index (χ3n) is 24.9. The average molecular weight is 1610 g/mol. The lowest BCUT2D eigenvalue weighted by molar-refractivity contribution is 0.589. The highest BCUT2D eigenvalue weighted by molar-refractivity contribution is 7.00. The zero-order valence-corrected chi connectivity index (χ0v) is 79.6. The molecule has 120 heavy (non-hydrogen) atoms. The van der Waals surface area contributed by atoms with Crippen LogP contribution in [0.2, 0.25) is 5.02 Å². The molecular formula is C114H138BClN4. The molecule has 2 heterocycles. The molecule has 624 valence electrons. The number of benzene rings is 12. The van der Waals surface area contributed by atoms with Gasteiger partial charge in [0.15, 0.2) is 0 Å². The van der Waals surface area contributed by atoms with Gasteiger partial charge in [0.1, 0.15) is 0 Å². The van der Waals surface area contributed by atoms with Crippen molar-refractivity contribution in [3.63, 3.8) is 0 Å². The van der Waals surface area contributed by atoms with E-state index >= 15 is 0 Å². The van der Waals surface area contributed by atoms with Crippen molar-refractivity contribution in [2.24, 2.45) is 0 Å². The maximum absolute atomic E-state index is 7.97. The predicted octanol–water partition coefficient (Wildman–Crippen LogP) is 32.2. The van der Waals surface area contributed by atoms with Gasteiger partial charge < -0.3 is 19.6 Å². The highest BCUT2D eigenvalue weighted by Crippen LogP contribution is 2.53. The Kier molecular flexibility index (Phi) is 23.2. The summed E-state index contributed by atoms with van der Waals surface area (Å²) in [6, 6.07) is 93.2. The SMILES string of the molecule is Cc1cc(N(c2ccc(C(C)(C)C)cc2)c2ccc(C(C)(C)C)cc2)c(Cl)c(N(c2ccc(C(C)(C)C)cc2)c2ccc(C(C)(C)C)cc2-c2ccc(C(C)(C)C)cc2)c1.Cc1cc2c3c(c1)N(c1ccc(C(C)(C)C)cc1-c1ccc(C(C)(C)C)cc1)c1ccc(C(C)(C)C)cc1B3c1cc(C(C)(C)C)ccc1N2c1ccc(C(C)(C)C)cc1.[3HH]. The Morgan fingerprint density at radius 3 is 0.875 bits per heavy atom. The zero-order valence-electron chi connectivity index (χ0n) is 78.8. The van der Waals surface area contributed by atoms with Crippen LogP contribution in [0.1, 0.15) is 276 Å². The van der Waals surface area contributed by atoms with Crippen LogP contribution < -0.4 is 36.0 Å². The molecule has 14 rings (SSSR count).